The smallest absolute Gasteiger partial charge is 0.335 e. The summed E-state index contributed by atoms with van der Waals surface area (Å²) >= 11 is 0. The number of carbonyl (C=O) groups is 8. The number of carbonyl (C=O) groups excluding carboxylic acids is 7. The Morgan fingerprint density at radius 2 is 1.55 bits per heavy atom. The lowest BCUT2D eigenvalue weighted by atomic mass is 9.83. The Morgan fingerprint density at radius 1 is 0.893 bits per heavy atom. The molecule has 1 aliphatic heterocycles. The van der Waals surface area contributed by atoms with Crippen LogP contribution in [0.25, 0.3) is 0 Å². The van der Waals surface area contributed by atoms with Crippen molar-refractivity contribution in [3.63, 3.8) is 0 Å². The zero-order chi connectivity index (χ0) is 41.2. The van der Waals surface area contributed by atoms with Crippen molar-refractivity contribution in [1.82, 2.24) is 26.2 Å². The van der Waals surface area contributed by atoms with E-state index in [1.165, 1.54) is 29.2 Å². The van der Waals surface area contributed by atoms with E-state index in [1.807, 2.05) is 20.8 Å². The van der Waals surface area contributed by atoms with Crippen LogP contribution in [0.3, 0.4) is 0 Å². The van der Waals surface area contributed by atoms with E-state index in [-0.39, 0.29) is 36.4 Å². The number of ketones is 1. The molecule has 2 aromatic carbocycles. The van der Waals surface area contributed by atoms with Crippen LogP contribution >= 0.6 is 0 Å². The molecule has 6 amide bonds. The highest BCUT2D eigenvalue weighted by atomic mass is 16.5. The number of nitrogens with zero attached hydrogens (tertiary/aromatic N) is 1. The Bertz CT molecular complexity index is 1790. The number of nitrogens with one attached hydrogen (secondary N) is 4. The second kappa shape index (κ2) is 19.3. The van der Waals surface area contributed by atoms with Crippen molar-refractivity contribution in [1.29, 1.82) is 0 Å². The molecule has 0 spiro atoms. The predicted molar refractivity (Wildman–Crippen MR) is 203 cm³/mol. The maximum atomic E-state index is 14.6. The third-order valence-corrected chi connectivity index (χ3v) is 9.81. The maximum absolute atomic E-state index is 14.6. The van der Waals surface area contributed by atoms with E-state index in [0.717, 1.165) is 19.3 Å². The summed E-state index contributed by atoms with van der Waals surface area (Å²) in [5, 5.41) is 19.6. The number of aromatic carboxylic acids is 1. The van der Waals surface area contributed by atoms with Crippen LogP contribution in [-0.4, -0.2) is 100 Å². The lowest BCUT2D eigenvalue weighted by molar-refractivity contribution is -0.143. The lowest BCUT2D eigenvalue weighted by Crippen LogP contribution is -2.58. The van der Waals surface area contributed by atoms with Crippen LogP contribution in [0.2, 0.25) is 0 Å². The number of ether oxygens (including phenoxy) is 1. The van der Waals surface area contributed by atoms with Crippen LogP contribution in [-0.2, 0) is 33.5 Å². The van der Waals surface area contributed by atoms with Gasteiger partial charge in [-0.15, -0.1) is 0 Å². The third kappa shape index (κ3) is 11.7. The van der Waals surface area contributed by atoms with Gasteiger partial charge in [0.25, 0.3) is 11.8 Å². The van der Waals surface area contributed by atoms with E-state index < -0.39 is 89.6 Å². The van der Waals surface area contributed by atoms with E-state index in [0.29, 0.717) is 18.4 Å². The quantitative estimate of drug-likeness (QED) is 0.135. The molecule has 2 fully saturated rings. The Morgan fingerprint density at radius 3 is 2.16 bits per heavy atom. The molecule has 5 unspecified atom stereocenters. The molecule has 4 rings (SSSR count). The zero-order valence-electron chi connectivity index (χ0n) is 32.2. The Balaban J connectivity index is 1.49. The molecule has 0 aromatic heterocycles. The predicted octanol–water partition coefficient (Wildman–Crippen LogP) is 1.77. The van der Waals surface area contributed by atoms with E-state index >= 15 is 0 Å². The van der Waals surface area contributed by atoms with Gasteiger partial charge < -0.3 is 41.7 Å². The molecular formula is C40H52N6O10. The average Bonchev–Trinajstić information content (AvgIpc) is 3.59. The van der Waals surface area contributed by atoms with Crippen LogP contribution in [0.4, 0.5) is 0 Å². The minimum absolute atomic E-state index is 0.000690. The van der Waals surface area contributed by atoms with E-state index in [2.05, 4.69) is 21.3 Å². The van der Waals surface area contributed by atoms with Gasteiger partial charge >= 0.3 is 5.97 Å². The van der Waals surface area contributed by atoms with Crippen LogP contribution in [0.5, 0.6) is 0 Å². The minimum Gasteiger partial charge on any atom is -0.478 e. The van der Waals surface area contributed by atoms with Crippen molar-refractivity contribution in [2.45, 2.75) is 109 Å². The minimum atomic E-state index is -1.32. The van der Waals surface area contributed by atoms with Gasteiger partial charge in [-0.3, -0.25) is 33.6 Å². The maximum Gasteiger partial charge on any atom is 0.335 e. The molecule has 5 atom stereocenters. The molecular weight excluding hydrogens is 724 g/mol. The monoisotopic (exact) mass is 776 g/mol. The SMILES string of the molecule is CCC(NC(=O)C1CC(OC(C)(C)C)CN1C(=O)C(NC(=O)c1cccc(C(=O)O)c1)C1CCCCC1)C(=O)C(=O)NCC(=O)NC(C(N)=O)c1ccccc1. The number of primary amides is 1. The second-order valence-corrected chi connectivity index (χ2v) is 15.2. The molecule has 302 valence electrons. The Labute approximate surface area is 325 Å². The number of rotatable bonds is 16. The van der Waals surface area contributed by atoms with Crippen molar-refractivity contribution in [2.24, 2.45) is 11.7 Å². The molecule has 0 radical (unpaired) electrons. The van der Waals surface area contributed by atoms with Crippen molar-refractivity contribution in [3.05, 3.63) is 71.3 Å². The molecule has 56 heavy (non-hydrogen) atoms. The Kier molecular flexibility index (Phi) is 14.8. The molecule has 16 heteroatoms. The standard InChI is InChI=1S/C40H52N6O10/c1-5-28(33(48)37(52)42-21-30(47)44-31(34(41)49)23-13-8-6-9-14-23)43-36(51)29-20-27(56-40(2,3)4)22-46(29)38(53)32(24-15-10-7-11-16-24)45-35(50)25-17-12-18-26(19-25)39(54)55/h6,8-9,12-14,17-19,24,27-29,31-32H,5,7,10-11,15-16,20-22H2,1-4H3,(H2,41,49)(H,42,52)(H,43,51)(H,44,47)(H,45,50)(H,54,55). The second-order valence-electron chi connectivity index (χ2n) is 15.2. The molecule has 16 nitrogen and oxygen atoms in total. The normalized spacial score (nSPS) is 18.8. The molecule has 1 heterocycles. The summed E-state index contributed by atoms with van der Waals surface area (Å²) in [5.74, 6) is -7.12. The van der Waals surface area contributed by atoms with Gasteiger partial charge in [-0.05, 0) is 69.7 Å². The van der Waals surface area contributed by atoms with Crippen molar-refractivity contribution in [2.75, 3.05) is 13.1 Å². The number of amides is 6. The molecule has 1 saturated carbocycles. The summed E-state index contributed by atoms with van der Waals surface area (Å²) in [5.41, 5.74) is 5.22. The topological polar surface area (TPSA) is 243 Å². The summed E-state index contributed by atoms with van der Waals surface area (Å²) in [6.45, 7) is 6.45. The number of hydrogen-bond donors (Lipinski definition) is 6. The zero-order valence-corrected chi connectivity index (χ0v) is 32.2. The summed E-state index contributed by atoms with van der Waals surface area (Å²) in [7, 11) is 0. The van der Waals surface area contributed by atoms with Gasteiger partial charge in [0, 0.05) is 18.5 Å². The van der Waals surface area contributed by atoms with Gasteiger partial charge in [0.1, 0.15) is 18.1 Å². The molecule has 7 N–H and O–H groups in total. The first-order chi connectivity index (χ1) is 26.5. The Hall–Kier alpha value is -5.64. The van der Waals surface area contributed by atoms with E-state index in [1.54, 1.807) is 37.3 Å². The van der Waals surface area contributed by atoms with Gasteiger partial charge in [0.05, 0.1) is 29.9 Å². The molecule has 1 saturated heterocycles. The van der Waals surface area contributed by atoms with Gasteiger partial charge in [0.15, 0.2) is 0 Å². The fourth-order valence-electron chi connectivity index (χ4n) is 7.12. The summed E-state index contributed by atoms with van der Waals surface area (Å²) in [4.78, 5) is 106. The van der Waals surface area contributed by atoms with Crippen molar-refractivity contribution in [3.8, 4) is 0 Å². The number of benzene rings is 2. The fraction of sp³-hybridized carbons (Fsp3) is 0.500. The molecule has 2 aromatic rings. The van der Waals surface area contributed by atoms with Gasteiger partial charge in [-0.1, -0.05) is 62.6 Å². The van der Waals surface area contributed by atoms with Gasteiger partial charge in [-0.2, -0.15) is 0 Å². The number of likely N-dealkylation sites (tertiary alicyclic amines) is 1. The van der Waals surface area contributed by atoms with Gasteiger partial charge in [0.2, 0.25) is 29.4 Å². The summed E-state index contributed by atoms with van der Waals surface area (Å²) in [6, 6.07) is 9.05. The lowest BCUT2D eigenvalue weighted by Gasteiger charge is -2.35. The van der Waals surface area contributed by atoms with E-state index in [9.17, 15) is 43.5 Å². The largest absolute Gasteiger partial charge is 0.478 e. The van der Waals surface area contributed by atoms with Crippen LogP contribution in [0.1, 0.15) is 105 Å². The number of nitrogens with two attached hydrogens (primary N) is 1. The molecule has 0 bridgehead atoms. The van der Waals surface area contributed by atoms with E-state index in [4.69, 9.17) is 10.5 Å². The highest BCUT2D eigenvalue weighted by molar-refractivity contribution is 6.38. The summed E-state index contributed by atoms with van der Waals surface area (Å²) < 4.78 is 6.20. The molecule has 2 aliphatic rings. The average molecular weight is 777 g/mol. The third-order valence-electron chi connectivity index (χ3n) is 9.81. The fourth-order valence-corrected chi connectivity index (χ4v) is 7.12. The first-order valence-corrected chi connectivity index (χ1v) is 18.9. The number of carboxylic acid groups (broad SMARTS) is 1. The molecule has 1 aliphatic carbocycles. The first-order valence-electron chi connectivity index (χ1n) is 18.9. The van der Waals surface area contributed by atoms with Crippen LogP contribution < -0.4 is 27.0 Å². The first kappa shape index (κ1) is 43.1. The van der Waals surface area contributed by atoms with Crippen molar-refractivity contribution >= 4 is 47.2 Å². The van der Waals surface area contributed by atoms with Crippen LogP contribution in [0, 0.1) is 5.92 Å². The van der Waals surface area contributed by atoms with Crippen molar-refractivity contribution < 1.29 is 48.2 Å². The number of carboxylic acids is 1. The summed E-state index contributed by atoms with van der Waals surface area (Å²) in [6.07, 6.45) is 3.42. The van der Waals surface area contributed by atoms with Crippen LogP contribution in [0.15, 0.2) is 54.6 Å². The highest BCUT2D eigenvalue weighted by Crippen LogP contribution is 2.31. The number of Topliss-reactive ketones (excluding diaryl/α,β-unsaturated/α-hetero) is 1. The number of hydrogen-bond acceptors (Lipinski definition) is 9. The van der Waals surface area contributed by atoms with Gasteiger partial charge in [-0.25, -0.2) is 4.79 Å². The highest BCUT2D eigenvalue weighted by Gasteiger charge is 2.46.